The molecule has 0 aliphatic heterocycles. The molecule has 0 aliphatic carbocycles. The Morgan fingerprint density at radius 1 is 0.738 bits per heavy atom. The number of esters is 2. The van der Waals surface area contributed by atoms with Gasteiger partial charge >= 0.3 is 11.9 Å². The number of unbranched alkanes of at least 4 members (excludes halogenated alkanes) is 6. The highest BCUT2D eigenvalue weighted by Gasteiger charge is 2.30. The van der Waals surface area contributed by atoms with Crippen LogP contribution in [0.4, 0.5) is 0 Å². The summed E-state index contributed by atoms with van der Waals surface area (Å²) in [6.45, 7) is 4.17. The minimum absolute atomic E-state index is 0.163. The Bertz CT molecular complexity index is 1060. The van der Waals surface area contributed by atoms with Crippen LogP contribution in [0.15, 0.2) is 60.7 Å². The number of nitrogens with one attached hydrogen (secondary N) is 1. The second kappa shape index (κ2) is 20.4. The van der Waals surface area contributed by atoms with Crippen LogP contribution >= 0.6 is 0 Å². The summed E-state index contributed by atoms with van der Waals surface area (Å²) in [5, 5.41) is 2.74. The predicted molar refractivity (Wildman–Crippen MR) is 163 cm³/mol. The van der Waals surface area contributed by atoms with Gasteiger partial charge in [0.15, 0.2) is 0 Å². The Kier molecular flexibility index (Phi) is 16.8. The van der Waals surface area contributed by atoms with Gasteiger partial charge in [0.2, 0.25) is 12.2 Å². The predicted octanol–water partition coefficient (Wildman–Crippen LogP) is 5.45. The Morgan fingerprint density at radius 3 is 1.86 bits per heavy atom. The van der Waals surface area contributed by atoms with Gasteiger partial charge in [-0.3, -0.25) is 9.59 Å². The summed E-state index contributed by atoms with van der Waals surface area (Å²) >= 11 is 0. The third-order valence-corrected chi connectivity index (χ3v) is 7.14. The maximum atomic E-state index is 13.5. The van der Waals surface area contributed by atoms with Crippen molar-refractivity contribution in [3.8, 4) is 0 Å². The van der Waals surface area contributed by atoms with Gasteiger partial charge in [-0.25, -0.2) is 4.79 Å². The van der Waals surface area contributed by atoms with Crippen molar-refractivity contribution < 1.29 is 28.7 Å². The number of hydrogen-bond donors (Lipinski definition) is 2. The van der Waals surface area contributed by atoms with Gasteiger partial charge in [-0.05, 0) is 30.4 Å². The van der Waals surface area contributed by atoms with Crippen LogP contribution in [0.3, 0.4) is 0 Å². The van der Waals surface area contributed by atoms with Crippen molar-refractivity contribution in [1.29, 1.82) is 0 Å². The van der Waals surface area contributed by atoms with E-state index in [-0.39, 0.29) is 12.8 Å². The molecule has 0 aromatic heterocycles. The summed E-state index contributed by atoms with van der Waals surface area (Å²) in [6.07, 6.45) is 8.12. The summed E-state index contributed by atoms with van der Waals surface area (Å²) in [4.78, 5) is 51.2. The van der Waals surface area contributed by atoms with E-state index in [1.165, 1.54) is 0 Å². The quantitative estimate of drug-likeness (QED) is 0.0661. The number of hydrogen-bond acceptors (Lipinski definition) is 7. The highest BCUT2D eigenvalue weighted by Crippen LogP contribution is 2.15. The molecule has 0 fully saturated rings. The number of carbonyl (C=O) groups excluding carboxylic acids is 4. The topological polar surface area (TPSA) is 125 Å². The molecule has 0 spiro atoms. The molecule has 8 nitrogen and oxygen atoms in total. The van der Waals surface area contributed by atoms with Crippen molar-refractivity contribution >= 4 is 24.1 Å². The molecule has 2 aromatic carbocycles. The molecule has 0 bridgehead atoms. The Balaban J connectivity index is 2.11. The van der Waals surface area contributed by atoms with Gasteiger partial charge in [0.25, 0.3) is 0 Å². The average molecular weight is 581 g/mol. The summed E-state index contributed by atoms with van der Waals surface area (Å²) in [7, 11) is 0. The van der Waals surface area contributed by atoms with E-state index in [4.69, 9.17) is 15.2 Å². The number of amides is 1. The molecule has 42 heavy (non-hydrogen) atoms. The lowest BCUT2D eigenvalue weighted by Gasteiger charge is -2.24. The van der Waals surface area contributed by atoms with E-state index in [0.717, 1.165) is 56.1 Å². The third kappa shape index (κ3) is 13.4. The van der Waals surface area contributed by atoms with Crippen molar-refractivity contribution in [2.45, 2.75) is 109 Å². The van der Waals surface area contributed by atoms with Crippen LogP contribution in [0.1, 0.15) is 89.2 Å². The molecule has 0 saturated carbocycles. The van der Waals surface area contributed by atoms with Gasteiger partial charge in [-0.15, -0.1) is 0 Å². The number of benzene rings is 2. The Hall–Kier alpha value is -3.52. The summed E-state index contributed by atoms with van der Waals surface area (Å²) in [6, 6.07) is 16.6. The fourth-order valence-corrected chi connectivity index (χ4v) is 4.63. The van der Waals surface area contributed by atoms with E-state index < -0.39 is 42.1 Å². The molecule has 2 aromatic rings. The van der Waals surface area contributed by atoms with Crippen LogP contribution in [-0.4, -0.2) is 42.5 Å². The molecule has 0 saturated heterocycles. The molecule has 4 unspecified atom stereocenters. The summed E-state index contributed by atoms with van der Waals surface area (Å²) < 4.78 is 11.3. The van der Waals surface area contributed by atoms with Crippen molar-refractivity contribution in [1.82, 2.24) is 5.32 Å². The fraction of sp³-hybridized carbons (Fsp3) is 0.529. The van der Waals surface area contributed by atoms with E-state index in [1.807, 2.05) is 67.6 Å². The zero-order valence-electron chi connectivity index (χ0n) is 25.2. The molecule has 1 amide bonds. The van der Waals surface area contributed by atoms with E-state index in [2.05, 4.69) is 12.2 Å². The molecular formula is C34H48N2O6. The highest BCUT2D eigenvalue weighted by atomic mass is 16.7. The number of ether oxygens (including phenoxy) is 2. The van der Waals surface area contributed by atoms with Gasteiger partial charge in [-0.2, -0.15) is 0 Å². The smallest absolute Gasteiger partial charge is 0.332 e. The lowest BCUT2D eigenvalue weighted by Crippen LogP contribution is -2.47. The van der Waals surface area contributed by atoms with Gasteiger partial charge in [0.05, 0.1) is 5.92 Å². The third-order valence-electron chi connectivity index (χ3n) is 7.14. The maximum absolute atomic E-state index is 13.5. The van der Waals surface area contributed by atoms with Gasteiger partial charge < -0.3 is 25.3 Å². The van der Waals surface area contributed by atoms with Crippen LogP contribution in [-0.2, 0) is 41.5 Å². The lowest BCUT2D eigenvalue weighted by molar-refractivity contribution is -0.192. The lowest BCUT2D eigenvalue weighted by atomic mass is 9.99. The minimum Gasteiger partial charge on any atom is -0.424 e. The van der Waals surface area contributed by atoms with Gasteiger partial charge in [0, 0.05) is 12.8 Å². The Labute approximate surface area is 250 Å². The SMILES string of the molecule is CCCCCCCC(C=O)C(=O)NC(Cc1ccccc1)C(=O)OC(CCCCC)OC(=O)C(N)Cc1ccccc1. The first-order valence-corrected chi connectivity index (χ1v) is 15.4. The van der Waals surface area contributed by atoms with Crippen LogP contribution in [0, 0.1) is 5.92 Å². The van der Waals surface area contributed by atoms with Gasteiger partial charge in [0.1, 0.15) is 18.4 Å². The number of aldehydes is 1. The molecule has 0 radical (unpaired) electrons. The van der Waals surface area contributed by atoms with E-state index >= 15 is 0 Å². The largest absolute Gasteiger partial charge is 0.424 e. The molecule has 4 atom stereocenters. The molecule has 0 aliphatic rings. The summed E-state index contributed by atoms with van der Waals surface area (Å²) in [5.41, 5.74) is 7.82. The number of rotatable bonds is 21. The molecular weight excluding hydrogens is 532 g/mol. The highest BCUT2D eigenvalue weighted by molar-refractivity contribution is 5.94. The molecule has 230 valence electrons. The average Bonchev–Trinajstić information content (AvgIpc) is 2.99. The van der Waals surface area contributed by atoms with E-state index in [9.17, 15) is 19.2 Å². The molecule has 8 heteroatoms. The van der Waals surface area contributed by atoms with Crippen LogP contribution < -0.4 is 11.1 Å². The van der Waals surface area contributed by atoms with Crippen molar-refractivity contribution in [2.24, 2.45) is 11.7 Å². The zero-order chi connectivity index (χ0) is 30.6. The normalized spacial score (nSPS) is 13.8. The second-order valence-corrected chi connectivity index (χ2v) is 10.8. The first-order valence-electron chi connectivity index (χ1n) is 15.4. The van der Waals surface area contributed by atoms with Crippen LogP contribution in [0.5, 0.6) is 0 Å². The molecule has 2 rings (SSSR count). The second-order valence-electron chi connectivity index (χ2n) is 10.8. The zero-order valence-corrected chi connectivity index (χ0v) is 25.2. The maximum Gasteiger partial charge on any atom is 0.332 e. The molecule has 3 N–H and O–H groups in total. The first-order chi connectivity index (χ1) is 20.4. The first kappa shape index (κ1) is 34.7. The minimum atomic E-state index is -1.14. The van der Waals surface area contributed by atoms with Crippen LogP contribution in [0.25, 0.3) is 0 Å². The monoisotopic (exact) mass is 580 g/mol. The number of nitrogens with two attached hydrogens (primary N) is 1. The van der Waals surface area contributed by atoms with Crippen molar-refractivity contribution in [3.05, 3.63) is 71.8 Å². The summed E-state index contributed by atoms with van der Waals surface area (Å²) in [5.74, 6) is -2.76. The number of carbonyl (C=O) groups is 4. The Morgan fingerprint density at radius 2 is 1.26 bits per heavy atom. The van der Waals surface area contributed by atoms with E-state index in [0.29, 0.717) is 25.5 Å². The van der Waals surface area contributed by atoms with Crippen LogP contribution in [0.2, 0.25) is 0 Å². The molecule has 0 heterocycles. The standard InChI is InChI=1S/C34H48N2O6/c1-3-5-7-8-16-21-28(25-37)32(38)36-30(24-27-19-14-10-15-20-27)34(40)42-31(22-11-6-4-2)41-33(39)29(35)23-26-17-12-9-13-18-26/h9-10,12-15,17-20,25,28-31H,3-8,11,16,21-24,35H2,1-2H3,(H,36,38). The van der Waals surface area contributed by atoms with E-state index in [1.54, 1.807) is 0 Å². The fourth-order valence-electron chi connectivity index (χ4n) is 4.63. The van der Waals surface area contributed by atoms with Crippen molar-refractivity contribution in [3.63, 3.8) is 0 Å². The van der Waals surface area contributed by atoms with Gasteiger partial charge in [-0.1, -0.05) is 119 Å². The van der Waals surface area contributed by atoms with Crippen molar-refractivity contribution in [2.75, 3.05) is 0 Å².